The Morgan fingerprint density at radius 3 is 1.82 bits per heavy atom. The lowest BCUT2D eigenvalue weighted by molar-refractivity contribution is -0.310. The third-order valence-electron chi connectivity index (χ3n) is 3.85. The van der Waals surface area contributed by atoms with E-state index >= 15 is 0 Å². The number of carbonyl (C=O) groups is 1. The van der Waals surface area contributed by atoms with Crippen molar-refractivity contribution < 1.29 is 19.4 Å². The second-order valence-corrected chi connectivity index (χ2v) is 5.04. The Labute approximate surface area is 128 Å². The molecule has 0 bridgehead atoms. The fraction of sp³-hybridized carbons (Fsp3) is 0.167. The predicted octanol–water partition coefficient (Wildman–Crippen LogP) is 2.14. The Bertz CT molecular complexity index is 727. The highest BCUT2D eigenvalue weighted by molar-refractivity contribution is 6.31. The number of ketones is 1. The van der Waals surface area contributed by atoms with Gasteiger partial charge in [-0.1, -0.05) is 24.3 Å². The molecule has 0 saturated heterocycles. The number of methoxy groups -OCH3 is 2. The molecule has 22 heavy (non-hydrogen) atoms. The van der Waals surface area contributed by atoms with E-state index in [0.717, 1.165) is 0 Å². The van der Waals surface area contributed by atoms with Gasteiger partial charge in [-0.15, -0.1) is 5.76 Å². The van der Waals surface area contributed by atoms with Gasteiger partial charge in [0.05, 0.1) is 20.1 Å². The third-order valence-corrected chi connectivity index (χ3v) is 3.85. The molecule has 0 heterocycles. The summed E-state index contributed by atoms with van der Waals surface area (Å²) < 4.78 is 10.2. The first-order valence-electron chi connectivity index (χ1n) is 6.89. The molecule has 1 unspecified atom stereocenters. The molecule has 3 rings (SSSR count). The summed E-state index contributed by atoms with van der Waals surface area (Å²) >= 11 is 0. The minimum absolute atomic E-state index is 0.139. The van der Waals surface area contributed by atoms with Gasteiger partial charge in [-0.3, -0.25) is 4.79 Å². The minimum Gasteiger partial charge on any atom is -0.874 e. The average molecular weight is 295 g/mol. The first-order chi connectivity index (χ1) is 10.7. The van der Waals surface area contributed by atoms with Gasteiger partial charge in [0.2, 0.25) is 0 Å². The van der Waals surface area contributed by atoms with Crippen molar-refractivity contribution in [2.24, 2.45) is 0 Å². The molecule has 0 saturated carbocycles. The maximum absolute atomic E-state index is 12.4. The van der Waals surface area contributed by atoms with Crippen LogP contribution < -0.4 is 14.6 Å². The number of allylic oxidation sites excluding steroid dienone is 2. The summed E-state index contributed by atoms with van der Waals surface area (Å²) in [5, 5.41) is 12.4. The molecule has 1 aliphatic rings. The molecular weight excluding hydrogens is 280 g/mol. The van der Waals surface area contributed by atoms with Crippen molar-refractivity contribution in [1.82, 2.24) is 0 Å². The normalized spacial score (nSPS) is 17.2. The maximum atomic E-state index is 12.4. The third kappa shape index (κ3) is 2.22. The smallest absolute Gasteiger partial charge is 0.173 e. The number of Topliss-reactive ketones (excluding diaryl/α,β-unsaturated/α-hetero) is 1. The van der Waals surface area contributed by atoms with Crippen molar-refractivity contribution in [3.63, 3.8) is 0 Å². The Morgan fingerprint density at radius 1 is 0.864 bits per heavy atom. The molecule has 0 fully saturated rings. The van der Waals surface area contributed by atoms with Gasteiger partial charge in [0.15, 0.2) is 5.78 Å². The number of ether oxygens (including phenoxy) is 2. The molecule has 0 amide bonds. The Balaban J connectivity index is 1.90. The van der Waals surface area contributed by atoms with E-state index in [9.17, 15) is 9.90 Å². The molecule has 4 heteroatoms. The molecule has 4 nitrogen and oxygen atoms in total. The van der Waals surface area contributed by atoms with Crippen molar-refractivity contribution >= 4 is 11.4 Å². The lowest BCUT2D eigenvalue weighted by atomic mass is 9.75. The summed E-state index contributed by atoms with van der Waals surface area (Å²) in [5.41, 5.74) is 1.61. The Morgan fingerprint density at radius 2 is 1.36 bits per heavy atom. The topological polar surface area (TPSA) is 58.6 Å². The van der Waals surface area contributed by atoms with Gasteiger partial charge in [-0.2, -0.15) is 0 Å². The number of hydrogen-bond donors (Lipinski definition) is 0. The van der Waals surface area contributed by atoms with Crippen molar-refractivity contribution in [1.29, 1.82) is 0 Å². The summed E-state index contributed by atoms with van der Waals surface area (Å²) in [6.07, 6.45) is 0. The highest BCUT2D eigenvalue weighted by Crippen LogP contribution is 2.41. The molecule has 0 radical (unpaired) electrons. The van der Waals surface area contributed by atoms with Gasteiger partial charge in [0.25, 0.3) is 0 Å². The largest absolute Gasteiger partial charge is 0.874 e. The van der Waals surface area contributed by atoms with Gasteiger partial charge in [-0.25, -0.2) is 0 Å². The summed E-state index contributed by atoms with van der Waals surface area (Å²) in [6.45, 7) is 0. The molecule has 112 valence electrons. The van der Waals surface area contributed by atoms with Crippen LogP contribution in [0.3, 0.4) is 0 Å². The van der Waals surface area contributed by atoms with Crippen molar-refractivity contribution in [2.45, 2.75) is 5.92 Å². The van der Waals surface area contributed by atoms with E-state index in [0.29, 0.717) is 22.6 Å². The molecule has 1 aliphatic carbocycles. The van der Waals surface area contributed by atoms with Crippen LogP contribution in [0.2, 0.25) is 0 Å². The second kappa shape index (κ2) is 5.56. The van der Waals surface area contributed by atoms with Crippen molar-refractivity contribution in [3.05, 3.63) is 65.4 Å². The first kappa shape index (κ1) is 14.2. The zero-order valence-electron chi connectivity index (χ0n) is 12.3. The van der Waals surface area contributed by atoms with Gasteiger partial charge >= 0.3 is 0 Å². The fourth-order valence-electron chi connectivity index (χ4n) is 2.59. The van der Waals surface area contributed by atoms with Crippen LogP contribution in [0.1, 0.15) is 17.0 Å². The number of carbonyl (C=O) groups excluding carboxylic acids is 1. The first-order valence-corrected chi connectivity index (χ1v) is 6.89. The molecule has 0 spiro atoms. The lowest BCUT2D eigenvalue weighted by Gasteiger charge is -2.37. The van der Waals surface area contributed by atoms with E-state index in [-0.39, 0.29) is 17.1 Å². The summed E-state index contributed by atoms with van der Waals surface area (Å²) in [7, 11) is 3.14. The zero-order valence-corrected chi connectivity index (χ0v) is 12.3. The van der Waals surface area contributed by atoms with E-state index in [1.807, 2.05) is 0 Å². The van der Waals surface area contributed by atoms with E-state index in [1.165, 1.54) is 0 Å². The van der Waals surface area contributed by atoms with Crippen LogP contribution in [0.5, 0.6) is 11.5 Å². The summed E-state index contributed by atoms with van der Waals surface area (Å²) in [6, 6.07) is 14.0. The number of hydrogen-bond acceptors (Lipinski definition) is 4. The molecule has 1 atom stereocenters. The molecule has 2 aromatic rings. The maximum Gasteiger partial charge on any atom is 0.173 e. The van der Waals surface area contributed by atoms with Gasteiger partial charge in [0.1, 0.15) is 11.5 Å². The summed E-state index contributed by atoms with van der Waals surface area (Å²) in [5.74, 6) is 0.418. The van der Waals surface area contributed by atoms with Crippen LogP contribution in [-0.2, 0) is 4.79 Å². The minimum atomic E-state index is -0.692. The highest BCUT2D eigenvalue weighted by atomic mass is 16.5. The lowest BCUT2D eigenvalue weighted by Crippen LogP contribution is -2.35. The van der Waals surface area contributed by atoms with Crippen LogP contribution in [0.4, 0.5) is 0 Å². The van der Waals surface area contributed by atoms with Crippen LogP contribution >= 0.6 is 0 Å². The van der Waals surface area contributed by atoms with E-state index < -0.39 is 5.92 Å². The van der Waals surface area contributed by atoms with E-state index in [4.69, 9.17) is 9.47 Å². The standard InChI is InChI=1S/C18H16O4/c1-21-13-7-3-11(4-8-13)15-17(19)16(18(15)20)12-5-9-14(22-2)10-6-12/h3-10,15,19H,1-2H3/p-1. The monoisotopic (exact) mass is 295 g/mol. The van der Waals surface area contributed by atoms with E-state index in [2.05, 4.69) is 0 Å². The molecule has 0 N–H and O–H groups in total. The quantitative estimate of drug-likeness (QED) is 0.867. The average Bonchev–Trinajstić information content (AvgIpc) is 2.56. The molecule has 0 aromatic heterocycles. The molecule has 0 aliphatic heterocycles. The Kier molecular flexibility index (Phi) is 3.59. The van der Waals surface area contributed by atoms with Gasteiger partial charge < -0.3 is 14.6 Å². The van der Waals surface area contributed by atoms with Crippen molar-refractivity contribution in [2.75, 3.05) is 14.2 Å². The van der Waals surface area contributed by atoms with E-state index in [1.54, 1.807) is 62.8 Å². The Hall–Kier alpha value is -2.75. The fourth-order valence-corrected chi connectivity index (χ4v) is 2.59. The zero-order chi connectivity index (χ0) is 15.7. The SMILES string of the molecule is COc1ccc(C2=C([O-])C(c3ccc(OC)cc3)C2=O)cc1. The van der Waals surface area contributed by atoms with Gasteiger partial charge in [0, 0.05) is 5.57 Å². The van der Waals surface area contributed by atoms with Crippen LogP contribution in [-0.4, -0.2) is 20.0 Å². The molecular formula is C18H15O4-. The van der Waals surface area contributed by atoms with Crippen molar-refractivity contribution in [3.8, 4) is 11.5 Å². The molecule has 2 aromatic carbocycles. The van der Waals surface area contributed by atoms with Crippen LogP contribution in [0.15, 0.2) is 54.3 Å². The van der Waals surface area contributed by atoms with Crippen LogP contribution in [0, 0.1) is 0 Å². The number of rotatable bonds is 4. The predicted molar refractivity (Wildman–Crippen MR) is 80.7 cm³/mol. The second-order valence-electron chi connectivity index (χ2n) is 5.04. The number of benzene rings is 2. The van der Waals surface area contributed by atoms with Crippen LogP contribution in [0.25, 0.3) is 5.57 Å². The highest BCUT2D eigenvalue weighted by Gasteiger charge is 2.34. The summed E-state index contributed by atoms with van der Waals surface area (Å²) in [4.78, 5) is 12.4. The van der Waals surface area contributed by atoms with Gasteiger partial charge in [-0.05, 0) is 35.4 Å².